The van der Waals surface area contributed by atoms with Crippen LogP contribution in [-0.4, -0.2) is 45.0 Å². The number of piperidine rings is 1. The van der Waals surface area contributed by atoms with Gasteiger partial charge in [-0.3, -0.25) is 19.5 Å². The van der Waals surface area contributed by atoms with Crippen LogP contribution >= 0.6 is 11.6 Å². The molecule has 1 fully saturated rings. The van der Waals surface area contributed by atoms with Crippen molar-refractivity contribution in [2.24, 2.45) is 0 Å². The van der Waals surface area contributed by atoms with E-state index in [9.17, 15) is 18.8 Å². The number of nitrogens with one attached hydrogen (secondary N) is 3. The van der Waals surface area contributed by atoms with Crippen LogP contribution in [0.2, 0.25) is 5.02 Å². The van der Waals surface area contributed by atoms with E-state index < -0.39 is 17.3 Å². The normalized spacial score (nSPS) is 14.5. The van der Waals surface area contributed by atoms with Crippen molar-refractivity contribution >= 4 is 29.1 Å². The summed E-state index contributed by atoms with van der Waals surface area (Å²) in [6.07, 6.45) is 2.72. The number of para-hydroxylation sites is 1. The fraction of sp³-hybridized carbons (Fsp3) is 0.238. The van der Waals surface area contributed by atoms with Crippen LogP contribution in [0.1, 0.15) is 45.3 Å². The number of anilines is 1. The highest BCUT2D eigenvalue weighted by atomic mass is 35.5. The molecule has 10 heteroatoms. The summed E-state index contributed by atoms with van der Waals surface area (Å²) in [5, 5.41) is 9.41. The molecule has 3 aromatic rings. The molecule has 1 saturated heterocycles. The minimum absolute atomic E-state index is 0.0283. The van der Waals surface area contributed by atoms with Crippen molar-refractivity contribution < 1.29 is 14.0 Å². The number of pyridine rings is 1. The van der Waals surface area contributed by atoms with Gasteiger partial charge in [0.1, 0.15) is 10.8 Å². The molecule has 1 aliphatic heterocycles. The molecular weight excluding hydrogens is 425 g/mol. The SMILES string of the molecule is O=C(Nc1ccccc1F)c1cc(C2CCN(C(=O)c3c[nH]c(=O)c(Cl)c3)CC2)[nH]n1. The van der Waals surface area contributed by atoms with Gasteiger partial charge in [-0.05, 0) is 37.1 Å². The van der Waals surface area contributed by atoms with Crippen LogP contribution in [0, 0.1) is 5.82 Å². The van der Waals surface area contributed by atoms with Crippen LogP contribution in [0.25, 0.3) is 0 Å². The molecule has 0 unspecified atom stereocenters. The lowest BCUT2D eigenvalue weighted by Crippen LogP contribution is -2.38. The van der Waals surface area contributed by atoms with E-state index >= 15 is 0 Å². The van der Waals surface area contributed by atoms with E-state index in [-0.39, 0.29) is 28.2 Å². The lowest BCUT2D eigenvalue weighted by Gasteiger charge is -2.31. The van der Waals surface area contributed by atoms with Gasteiger partial charge in [0.05, 0.1) is 11.3 Å². The molecule has 160 valence electrons. The third kappa shape index (κ3) is 4.51. The summed E-state index contributed by atoms with van der Waals surface area (Å²) in [5.41, 5.74) is 0.937. The van der Waals surface area contributed by atoms with Crippen LogP contribution in [0.3, 0.4) is 0 Å². The first-order valence-electron chi connectivity index (χ1n) is 9.71. The summed E-state index contributed by atoms with van der Waals surface area (Å²) in [6, 6.07) is 8.93. The maximum atomic E-state index is 13.7. The number of likely N-dealkylation sites (tertiary alicyclic amines) is 1. The number of aromatic nitrogens is 3. The number of hydrogen-bond donors (Lipinski definition) is 3. The molecule has 1 aliphatic rings. The summed E-state index contributed by atoms with van der Waals surface area (Å²) >= 11 is 5.81. The summed E-state index contributed by atoms with van der Waals surface area (Å²) < 4.78 is 13.7. The number of aromatic amines is 2. The van der Waals surface area contributed by atoms with Gasteiger partial charge in [-0.15, -0.1) is 0 Å². The van der Waals surface area contributed by atoms with Gasteiger partial charge in [-0.25, -0.2) is 4.39 Å². The summed E-state index contributed by atoms with van der Waals surface area (Å²) in [7, 11) is 0. The predicted molar refractivity (Wildman–Crippen MR) is 113 cm³/mol. The molecule has 2 aromatic heterocycles. The predicted octanol–water partition coefficient (Wildman–Crippen LogP) is 3.16. The Morgan fingerprint density at radius 1 is 1.19 bits per heavy atom. The van der Waals surface area contributed by atoms with Crippen molar-refractivity contribution in [3.63, 3.8) is 0 Å². The number of halogens is 2. The Kier molecular flexibility index (Phi) is 5.85. The van der Waals surface area contributed by atoms with E-state index in [1.165, 1.54) is 24.4 Å². The average molecular weight is 444 g/mol. The number of amides is 2. The van der Waals surface area contributed by atoms with Gasteiger partial charge in [0, 0.05) is 30.9 Å². The maximum Gasteiger partial charge on any atom is 0.276 e. The standard InChI is InChI=1S/C21H19ClFN5O3/c22-14-9-13(11-24-19(14)29)21(31)28-7-5-12(6-8-28)17-10-18(27-26-17)20(30)25-16-4-2-1-3-15(16)23/h1-4,9-12H,5-8H2,(H,24,29)(H,25,30)(H,26,27). The second-order valence-corrected chi connectivity index (χ2v) is 7.68. The number of nitrogens with zero attached hydrogens (tertiary/aromatic N) is 2. The Hall–Kier alpha value is -3.46. The highest BCUT2D eigenvalue weighted by Gasteiger charge is 2.27. The van der Waals surface area contributed by atoms with Crippen molar-refractivity contribution in [1.82, 2.24) is 20.1 Å². The maximum absolute atomic E-state index is 13.7. The second-order valence-electron chi connectivity index (χ2n) is 7.27. The summed E-state index contributed by atoms with van der Waals surface area (Å²) in [6.45, 7) is 1.02. The number of benzene rings is 1. The number of carbonyl (C=O) groups excluding carboxylic acids is 2. The average Bonchev–Trinajstić information content (AvgIpc) is 3.27. The largest absolute Gasteiger partial charge is 0.339 e. The Bertz CT molecular complexity index is 1180. The van der Waals surface area contributed by atoms with Crippen LogP contribution in [0.15, 0.2) is 47.4 Å². The number of rotatable bonds is 4. The van der Waals surface area contributed by atoms with Crippen molar-refractivity contribution in [3.8, 4) is 0 Å². The third-order valence-corrected chi connectivity index (χ3v) is 5.56. The smallest absolute Gasteiger partial charge is 0.276 e. The lowest BCUT2D eigenvalue weighted by atomic mass is 9.93. The highest BCUT2D eigenvalue weighted by Crippen LogP contribution is 2.28. The van der Waals surface area contributed by atoms with Crippen LogP contribution in [0.4, 0.5) is 10.1 Å². The first kappa shape index (κ1) is 20.8. The Labute approximate surface area is 181 Å². The van der Waals surface area contributed by atoms with Crippen LogP contribution in [0.5, 0.6) is 0 Å². The molecule has 2 amide bonds. The zero-order valence-corrected chi connectivity index (χ0v) is 17.1. The van der Waals surface area contributed by atoms with Crippen molar-refractivity contribution in [2.45, 2.75) is 18.8 Å². The molecular formula is C21H19ClFN5O3. The summed E-state index contributed by atoms with van der Waals surface area (Å²) in [4.78, 5) is 40.5. The van der Waals surface area contributed by atoms with Gasteiger partial charge in [-0.1, -0.05) is 23.7 Å². The Morgan fingerprint density at radius 3 is 2.65 bits per heavy atom. The minimum atomic E-state index is -0.521. The van der Waals surface area contributed by atoms with Crippen LogP contribution in [-0.2, 0) is 0 Å². The number of H-pyrrole nitrogens is 2. The van der Waals surface area contributed by atoms with Gasteiger partial charge in [0.2, 0.25) is 0 Å². The van der Waals surface area contributed by atoms with E-state index in [0.29, 0.717) is 31.5 Å². The van der Waals surface area contributed by atoms with E-state index in [0.717, 1.165) is 5.69 Å². The molecule has 1 aromatic carbocycles. The second kappa shape index (κ2) is 8.73. The van der Waals surface area contributed by atoms with E-state index in [1.807, 2.05) is 0 Å². The van der Waals surface area contributed by atoms with E-state index in [1.54, 1.807) is 23.1 Å². The van der Waals surface area contributed by atoms with Gasteiger partial charge >= 0.3 is 0 Å². The van der Waals surface area contributed by atoms with E-state index in [2.05, 4.69) is 20.5 Å². The highest BCUT2D eigenvalue weighted by molar-refractivity contribution is 6.30. The van der Waals surface area contributed by atoms with Crippen molar-refractivity contribution in [2.75, 3.05) is 18.4 Å². The molecule has 0 bridgehead atoms. The van der Waals surface area contributed by atoms with Gasteiger partial charge in [-0.2, -0.15) is 5.10 Å². The fourth-order valence-electron chi connectivity index (χ4n) is 3.57. The first-order chi connectivity index (χ1) is 14.9. The number of hydrogen-bond acceptors (Lipinski definition) is 4. The molecule has 0 spiro atoms. The monoisotopic (exact) mass is 443 g/mol. The molecule has 0 aliphatic carbocycles. The van der Waals surface area contributed by atoms with Crippen molar-refractivity contribution in [3.05, 3.63) is 80.7 Å². The zero-order valence-electron chi connectivity index (χ0n) is 16.3. The summed E-state index contributed by atoms with van der Waals surface area (Å²) in [5.74, 6) is -1.13. The quantitative estimate of drug-likeness (QED) is 0.575. The molecule has 8 nitrogen and oxygen atoms in total. The van der Waals surface area contributed by atoms with E-state index in [4.69, 9.17) is 11.6 Å². The fourth-order valence-corrected chi connectivity index (χ4v) is 3.74. The Balaban J connectivity index is 1.37. The molecule has 4 rings (SSSR count). The number of carbonyl (C=O) groups is 2. The van der Waals surface area contributed by atoms with Gasteiger partial charge in [0.15, 0.2) is 5.69 Å². The van der Waals surface area contributed by atoms with Crippen molar-refractivity contribution in [1.29, 1.82) is 0 Å². The molecule has 0 saturated carbocycles. The zero-order chi connectivity index (χ0) is 22.0. The Morgan fingerprint density at radius 2 is 1.94 bits per heavy atom. The first-order valence-corrected chi connectivity index (χ1v) is 10.1. The topological polar surface area (TPSA) is 111 Å². The molecule has 0 atom stereocenters. The lowest BCUT2D eigenvalue weighted by molar-refractivity contribution is 0.0711. The molecule has 0 radical (unpaired) electrons. The van der Waals surface area contributed by atoms with Gasteiger partial charge < -0.3 is 15.2 Å². The third-order valence-electron chi connectivity index (χ3n) is 5.28. The molecule has 31 heavy (non-hydrogen) atoms. The molecule has 3 heterocycles. The molecule has 3 N–H and O–H groups in total. The van der Waals surface area contributed by atoms with Gasteiger partial charge in [0.25, 0.3) is 17.4 Å². The van der Waals surface area contributed by atoms with Crippen LogP contribution < -0.4 is 10.9 Å². The minimum Gasteiger partial charge on any atom is -0.339 e.